The summed E-state index contributed by atoms with van der Waals surface area (Å²) in [6.45, 7) is 4.70. The fourth-order valence-corrected chi connectivity index (χ4v) is 2.83. The quantitative estimate of drug-likeness (QED) is 0.853. The third-order valence-electron chi connectivity index (χ3n) is 3.72. The number of anilines is 1. The largest absolute Gasteiger partial charge is 0.388 e. The molecule has 0 bridgehead atoms. The van der Waals surface area contributed by atoms with Crippen molar-refractivity contribution in [2.75, 3.05) is 11.4 Å². The van der Waals surface area contributed by atoms with Crippen LogP contribution in [0.15, 0.2) is 24.3 Å². The van der Waals surface area contributed by atoms with Gasteiger partial charge in [0, 0.05) is 6.54 Å². The van der Waals surface area contributed by atoms with Crippen molar-refractivity contribution < 1.29 is 5.11 Å². The maximum Gasteiger partial charge on any atom is 0.204 e. The first kappa shape index (κ1) is 11.5. The van der Waals surface area contributed by atoms with Crippen LogP contribution in [0.1, 0.15) is 26.7 Å². The predicted molar refractivity (Wildman–Crippen MR) is 72.8 cm³/mol. The Labute approximate surface area is 107 Å². The van der Waals surface area contributed by atoms with Crippen molar-refractivity contribution in [3.63, 3.8) is 0 Å². The third kappa shape index (κ3) is 1.86. The van der Waals surface area contributed by atoms with E-state index in [0.717, 1.165) is 36.4 Å². The molecule has 0 aliphatic carbocycles. The SMILES string of the molecule is CC(C)(O)[C@@H]1CCCN1c1nc2ccccc2[nH]1. The molecule has 1 aromatic carbocycles. The fourth-order valence-electron chi connectivity index (χ4n) is 2.83. The van der Waals surface area contributed by atoms with Crippen molar-refractivity contribution in [3.8, 4) is 0 Å². The number of benzene rings is 1. The highest BCUT2D eigenvalue weighted by molar-refractivity contribution is 5.77. The number of para-hydroxylation sites is 2. The monoisotopic (exact) mass is 245 g/mol. The molecular weight excluding hydrogens is 226 g/mol. The summed E-state index contributed by atoms with van der Waals surface area (Å²) in [6, 6.07) is 8.16. The molecule has 3 rings (SSSR count). The molecule has 1 aliphatic heterocycles. The van der Waals surface area contributed by atoms with Gasteiger partial charge in [0.25, 0.3) is 0 Å². The van der Waals surface area contributed by atoms with Crippen LogP contribution in [0, 0.1) is 0 Å². The van der Waals surface area contributed by atoms with Crippen molar-refractivity contribution in [2.24, 2.45) is 0 Å². The molecule has 1 saturated heterocycles. The molecule has 2 heterocycles. The second-order valence-corrected chi connectivity index (χ2v) is 5.58. The lowest BCUT2D eigenvalue weighted by atomic mass is 9.97. The number of imidazole rings is 1. The number of rotatable bonds is 2. The van der Waals surface area contributed by atoms with Gasteiger partial charge in [-0.1, -0.05) is 12.1 Å². The van der Waals surface area contributed by atoms with E-state index in [9.17, 15) is 5.11 Å². The van der Waals surface area contributed by atoms with Gasteiger partial charge in [0.05, 0.1) is 22.7 Å². The van der Waals surface area contributed by atoms with Crippen LogP contribution in [0.2, 0.25) is 0 Å². The van der Waals surface area contributed by atoms with E-state index in [4.69, 9.17) is 0 Å². The summed E-state index contributed by atoms with van der Waals surface area (Å²) in [5, 5.41) is 10.2. The highest BCUT2D eigenvalue weighted by atomic mass is 16.3. The summed E-state index contributed by atoms with van der Waals surface area (Å²) in [6.07, 6.45) is 2.12. The van der Waals surface area contributed by atoms with Crippen LogP contribution in [0.25, 0.3) is 11.0 Å². The Morgan fingerprint density at radius 1 is 1.39 bits per heavy atom. The van der Waals surface area contributed by atoms with Gasteiger partial charge in [-0.2, -0.15) is 0 Å². The molecule has 0 amide bonds. The second kappa shape index (κ2) is 3.99. The zero-order valence-corrected chi connectivity index (χ0v) is 10.8. The minimum absolute atomic E-state index is 0.137. The zero-order chi connectivity index (χ0) is 12.8. The number of hydrogen-bond donors (Lipinski definition) is 2. The van der Waals surface area contributed by atoms with E-state index in [2.05, 4.69) is 14.9 Å². The molecule has 2 N–H and O–H groups in total. The first-order valence-electron chi connectivity index (χ1n) is 6.49. The standard InChI is InChI=1S/C14H19N3O/c1-14(2,18)12-8-5-9-17(12)13-15-10-6-3-4-7-11(10)16-13/h3-4,6-7,12,18H,5,8-9H2,1-2H3,(H,15,16)/t12-/m0/s1. The molecule has 4 heteroatoms. The minimum Gasteiger partial charge on any atom is -0.388 e. The maximum atomic E-state index is 10.2. The lowest BCUT2D eigenvalue weighted by molar-refractivity contribution is 0.0531. The number of aliphatic hydroxyl groups is 1. The summed E-state index contributed by atoms with van der Waals surface area (Å²) in [4.78, 5) is 10.2. The van der Waals surface area contributed by atoms with Crippen LogP contribution in [-0.2, 0) is 0 Å². The van der Waals surface area contributed by atoms with Crippen LogP contribution < -0.4 is 4.90 Å². The minimum atomic E-state index is -0.699. The predicted octanol–water partition coefficient (Wildman–Crippen LogP) is 2.30. The van der Waals surface area contributed by atoms with Gasteiger partial charge in [-0.3, -0.25) is 0 Å². The van der Waals surface area contributed by atoms with Crippen LogP contribution in [-0.4, -0.2) is 33.3 Å². The Balaban J connectivity index is 1.98. The smallest absolute Gasteiger partial charge is 0.204 e. The Hall–Kier alpha value is -1.55. The molecule has 1 atom stereocenters. The van der Waals surface area contributed by atoms with Gasteiger partial charge in [-0.15, -0.1) is 0 Å². The average Bonchev–Trinajstić information content (AvgIpc) is 2.94. The molecule has 0 unspecified atom stereocenters. The van der Waals surface area contributed by atoms with Crippen LogP contribution in [0.5, 0.6) is 0 Å². The summed E-state index contributed by atoms with van der Waals surface area (Å²) in [5.41, 5.74) is 1.33. The normalized spacial score (nSPS) is 20.8. The number of aromatic nitrogens is 2. The van der Waals surface area contributed by atoms with E-state index >= 15 is 0 Å². The first-order chi connectivity index (χ1) is 8.55. The number of aromatic amines is 1. The van der Waals surface area contributed by atoms with Gasteiger partial charge in [0.15, 0.2) is 0 Å². The fraction of sp³-hybridized carbons (Fsp3) is 0.500. The number of fused-ring (bicyclic) bond motifs is 1. The molecule has 0 spiro atoms. The summed E-state index contributed by atoms with van der Waals surface area (Å²) in [7, 11) is 0. The highest BCUT2D eigenvalue weighted by Gasteiger charge is 2.37. The van der Waals surface area contributed by atoms with E-state index in [1.165, 1.54) is 0 Å². The number of nitrogens with zero attached hydrogens (tertiary/aromatic N) is 2. The Bertz CT molecular complexity index is 522. The Morgan fingerprint density at radius 3 is 2.89 bits per heavy atom. The third-order valence-corrected chi connectivity index (χ3v) is 3.72. The second-order valence-electron chi connectivity index (χ2n) is 5.58. The molecular formula is C14H19N3O. The zero-order valence-electron chi connectivity index (χ0n) is 10.8. The van der Waals surface area contributed by atoms with E-state index in [-0.39, 0.29) is 6.04 Å². The Kier molecular flexibility index (Phi) is 2.55. The molecule has 4 nitrogen and oxygen atoms in total. The molecule has 96 valence electrons. The number of hydrogen-bond acceptors (Lipinski definition) is 3. The van der Waals surface area contributed by atoms with Gasteiger partial charge in [0.2, 0.25) is 5.95 Å². The summed E-state index contributed by atoms with van der Waals surface area (Å²) >= 11 is 0. The van der Waals surface area contributed by atoms with E-state index in [1.807, 2.05) is 38.1 Å². The summed E-state index contributed by atoms with van der Waals surface area (Å²) < 4.78 is 0. The van der Waals surface area contributed by atoms with Crippen LogP contribution in [0.3, 0.4) is 0 Å². The summed E-state index contributed by atoms with van der Waals surface area (Å²) in [5.74, 6) is 0.876. The number of nitrogens with one attached hydrogen (secondary N) is 1. The van der Waals surface area contributed by atoms with Gasteiger partial charge < -0.3 is 15.0 Å². The molecule has 18 heavy (non-hydrogen) atoms. The van der Waals surface area contributed by atoms with Crippen molar-refractivity contribution in [3.05, 3.63) is 24.3 Å². The number of H-pyrrole nitrogens is 1. The van der Waals surface area contributed by atoms with E-state index in [1.54, 1.807) is 0 Å². The van der Waals surface area contributed by atoms with E-state index in [0.29, 0.717) is 0 Å². The van der Waals surface area contributed by atoms with Crippen molar-refractivity contribution >= 4 is 17.0 Å². The van der Waals surface area contributed by atoms with Crippen LogP contribution >= 0.6 is 0 Å². The van der Waals surface area contributed by atoms with Crippen LogP contribution in [0.4, 0.5) is 5.95 Å². The van der Waals surface area contributed by atoms with Gasteiger partial charge in [0.1, 0.15) is 0 Å². The molecule has 1 aromatic heterocycles. The maximum absolute atomic E-state index is 10.2. The first-order valence-corrected chi connectivity index (χ1v) is 6.49. The van der Waals surface area contributed by atoms with Crippen molar-refractivity contribution in [1.82, 2.24) is 9.97 Å². The Morgan fingerprint density at radius 2 is 2.17 bits per heavy atom. The van der Waals surface area contributed by atoms with Crippen molar-refractivity contribution in [2.45, 2.75) is 38.3 Å². The molecule has 2 aromatic rings. The van der Waals surface area contributed by atoms with E-state index < -0.39 is 5.60 Å². The lowest BCUT2D eigenvalue weighted by Gasteiger charge is -2.33. The molecule has 1 fully saturated rings. The topological polar surface area (TPSA) is 52.1 Å². The average molecular weight is 245 g/mol. The molecule has 0 saturated carbocycles. The molecule has 0 radical (unpaired) electrons. The molecule has 1 aliphatic rings. The highest BCUT2D eigenvalue weighted by Crippen LogP contribution is 2.31. The van der Waals surface area contributed by atoms with Gasteiger partial charge >= 0.3 is 0 Å². The van der Waals surface area contributed by atoms with Gasteiger partial charge in [-0.05, 0) is 38.8 Å². The lowest BCUT2D eigenvalue weighted by Crippen LogP contribution is -2.46. The van der Waals surface area contributed by atoms with Crippen molar-refractivity contribution in [1.29, 1.82) is 0 Å². The van der Waals surface area contributed by atoms with Gasteiger partial charge in [-0.25, -0.2) is 4.98 Å².